The van der Waals surface area contributed by atoms with Crippen molar-refractivity contribution in [3.8, 4) is 0 Å². The highest BCUT2D eigenvalue weighted by atomic mass is 14.5. The van der Waals surface area contributed by atoms with Crippen molar-refractivity contribution in [1.82, 2.24) is 0 Å². The first-order valence-electron chi connectivity index (χ1n) is 10.3. The van der Waals surface area contributed by atoms with Crippen molar-refractivity contribution >= 4 is 0 Å². The quantitative estimate of drug-likeness (QED) is 0.426. The molecule has 0 N–H and O–H groups in total. The maximum Gasteiger partial charge on any atom is -0.00741 e. The average molecular weight is 335 g/mol. The predicted molar refractivity (Wildman–Crippen MR) is 115 cm³/mol. The lowest BCUT2D eigenvalue weighted by molar-refractivity contribution is 0.466. The van der Waals surface area contributed by atoms with E-state index in [2.05, 4.69) is 79.9 Å². The summed E-state index contributed by atoms with van der Waals surface area (Å²) in [5.41, 5.74) is 2.01. The zero-order chi connectivity index (χ0) is 19.0. The number of unbranched alkanes of at least 4 members (excludes halogenated alkanes) is 2. The lowest BCUT2D eigenvalue weighted by atomic mass is 9.99. The van der Waals surface area contributed by atoms with E-state index in [0.717, 1.165) is 11.8 Å². The third-order valence-corrected chi connectivity index (χ3v) is 4.87. The molecular formula is C24H46. The SMILES string of the molecule is C=C.CC1=CC2CC2(C)C=C1.CCCC.CCCC[C@@H](C)CCC. The molecule has 0 nitrogen and oxygen atoms in total. The van der Waals surface area contributed by atoms with E-state index in [1.165, 1.54) is 56.9 Å². The maximum atomic E-state index is 3.00. The highest BCUT2D eigenvalue weighted by Crippen LogP contribution is 2.56. The summed E-state index contributed by atoms with van der Waals surface area (Å²) in [6.45, 7) is 21.8. The third kappa shape index (κ3) is 12.6. The zero-order valence-electron chi connectivity index (χ0n) is 18.0. The smallest absolute Gasteiger partial charge is 0.00741 e. The van der Waals surface area contributed by atoms with Crippen LogP contribution in [0, 0.1) is 17.3 Å². The fourth-order valence-corrected chi connectivity index (χ4v) is 2.74. The van der Waals surface area contributed by atoms with Crippen LogP contribution in [0.2, 0.25) is 0 Å². The molecule has 2 unspecified atom stereocenters. The monoisotopic (exact) mass is 334 g/mol. The first kappa shape index (κ1) is 25.5. The number of fused-ring (bicyclic) bond motifs is 1. The molecule has 0 bridgehead atoms. The first-order chi connectivity index (χ1) is 11.4. The minimum atomic E-state index is 0.569. The van der Waals surface area contributed by atoms with Gasteiger partial charge in [0, 0.05) is 0 Å². The van der Waals surface area contributed by atoms with E-state index in [1.54, 1.807) is 0 Å². The fraction of sp³-hybridized carbons (Fsp3) is 0.750. The van der Waals surface area contributed by atoms with Crippen LogP contribution < -0.4 is 0 Å². The highest BCUT2D eigenvalue weighted by Gasteiger charge is 2.47. The van der Waals surface area contributed by atoms with Gasteiger partial charge in [-0.3, -0.25) is 0 Å². The second kappa shape index (κ2) is 15.7. The second-order valence-corrected chi connectivity index (χ2v) is 7.60. The average Bonchev–Trinajstić information content (AvgIpc) is 3.26. The third-order valence-electron chi connectivity index (χ3n) is 4.87. The van der Waals surface area contributed by atoms with Crippen molar-refractivity contribution in [3.63, 3.8) is 0 Å². The van der Waals surface area contributed by atoms with Crippen LogP contribution in [0.5, 0.6) is 0 Å². The van der Waals surface area contributed by atoms with Crippen LogP contribution in [-0.4, -0.2) is 0 Å². The number of hydrogen-bond acceptors (Lipinski definition) is 0. The summed E-state index contributed by atoms with van der Waals surface area (Å²) >= 11 is 0. The largest absolute Gasteiger partial charge is 0.106 e. The van der Waals surface area contributed by atoms with E-state index in [9.17, 15) is 0 Å². The molecule has 3 atom stereocenters. The van der Waals surface area contributed by atoms with Gasteiger partial charge in [0.1, 0.15) is 0 Å². The Morgan fingerprint density at radius 3 is 2.00 bits per heavy atom. The summed E-state index contributed by atoms with van der Waals surface area (Å²) in [7, 11) is 0. The molecule has 0 saturated heterocycles. The van der Waals surface area contributed by atoms with Gasteiger partial charge in [-0.1, -0.05) is 110 Å². The summed E-state index contributed by atoms with van der Waals surface area (Å²) < 4.78 is 0. The Kier molecular flexibility index (Phi) is 16.7. The number of hydrogen-bond donors (Lipinski definition) is 0. The lowest BCUT2D eigenvalue weighted by Gasteiger charge is -2.07. The molecular weight excluding hydrogens is 288 g/mol. The van der Waals surface area contributed by atoms with Gasteiger partial charge in [-0.05, 0) is 30.6 Å². The van der Waals surface area contributed by atoms with Crippen LogP contribution in [0.25, 0.3) is 0 Å². The van der Waals surface area contributed by atoms with Crippen molar-refractivity contribution in [2.24, 2.45) is 17.3 Å². The van der Waals surface area contributed by atoms with Gasteiger partial charge in [0.25, 0.3) is 0 Å². The molecule has 0 heteroatoms. The van der Waals surface area contributed by atoms with Crippen molar-refractivity contribution < 1.29 is 0 Å². The Bertz CT molecular complexity index is 334. The van der Waals surface area contributed by atoms with Crippen LogP contribution >= 0.6 is 0 Å². The molecule has 2 aliphatic carbocycles. The Balaban J connectivity index is 0. The van der Waals surface area contributed by atoms with Gasteiger partial charge < -0.3 is 0 Å². The van der Waals surface area contributed by atoms with Crippen LogP contribution in [0.3, 0.4) is 0 Å². The van der Waals surface area contributed by atoms with Gasteiger partial charge in [-0.15, -0.1) is 13.2 Å². The van der Waals surface area contributed by atoms with Crippen molar-refractivity contribution in [1.29, 1.82) is 0 Å². The molecule has 0 radical (unpaired) electrons. The first-order valence-corrected chi connectivity index (χ1v) is 10.3. The molecule has 142 valence electrons. The molecule has 0 aromatic rings. The molecule has 0 spiro atoms. The standard InChI is InChI=1S/C9H12.C9H20.C4H10.C2H4/c1-7-3-4-9(2)6-8(9)5-7;1-4-6-8-9(3)7-5-2;1-3-4-2;1-2/h3-5,8H,6H2,1-2H3;9H,4-8H2,1-3H3;3-4H2,1-2H3;1-2H2/t;9-;;/m.0../s1. The predicted octanol–water partition coefficient (Wildman–Crippen LogP) is 8.75. The van der Waals surface area contributed by atoms with Crippen LogP contribution in [0.15, 0.2) is 37.0 Å². The summed E-state index contributed by atoms with van der Waals surface area (Å²) in [5.74, 6) is 1.84. The Morgan fingerprint density at radius 2 is 1.62 bits per heavy atom. The molecule has 0 aliphatic heterocycles. The van der Waals surface area contributed by atoms with Crippen molar-refractivity contribution in [3.05, 3.63) is 37.0 Å². The minimum Gasteiger partial charge on any atom is -0.106 e. The van der Waals surface area contributed by atoms with Crippen LogP contribution in [-0.2, 0) is 0 Å². The Labute approximate surface area is 154 Å². The van der Waals surface area contributed by atoms with Gasteiger partial charge in [0.05, 0.1) is 0 Å². The Morgan fingerprint density at radius 1 is 1.04 bits per heavy atom. The molecule has 0 heterocycles. The van der Waals surface area contributed by atoms with Crippen LogP contribution in [0.4, 0.5) is 0 Å². The summed E-state index contributed by atoms with van der Waals surface area (Å²) in [5, 5.41) is 0. The second-order valence-electron chi connectivity index (χ2n) is 7.60. The van der Waals surface area contributed by atoms with E-state index in [4.69, 9.17) is 0 Å². The number of rotatable bonds is 6. The van der Waals surface area contributed by atoms with Gasteiger partial charge in [-0.2, -0.15) is 0 Å². The normalized spacial score (nSPS) is 23.8. The highest BCUT2D eigenvalue weighted by molar-refractivity contribution is 5.33. The molecule has 1 saturated carbocycles. The summed E-state index contributed by atoms with van der Waals surface area (Å²) in [6.07, 6.45) is 18.0. The van der Waals surface area contributed by atoms with Crippen LogP contribution in [0.1, 0.15) is 99.8 Å². The minimum absolute atomic E-state index is 0.569. The van der Waals surface area contributed by atoms with Gasteiger partial charge in [0.2, 0.25) is 0 Å². The van der Waals surface area contributed by atoms with E-state index in [-0.39, 0.29) is 0 Å². The van der Waals surface area contributed by atoms with Gasteiger partial charge >= 0.3 is 0 Å². The molecule has 24 heavy (non-hydrogen) atoms. The van der Waals surface area contributed by atoms with E-state index in [1.807, 2.05) is 0 Å². The van der Waals surface area contributed by atoms with E-state index >= 15 is 0 Å². The molecule has 0 amide bonds. The van der Waals surface area contributed by atoms with Crippen molar-refractivity contribution in [2.45, 2.75) is 99.8 Å². The molecule has 2 rings (SSSR count). The Hall–Kier alpha value is -0.780. The zero-order valence-corrected chi connectivity index (χ0v) is 18.0. The van der Waals surface area contributed by atoms with Gasteiger partial charge in [0.15, 0.2) is 0 Å². The molecule has 1 fully saturated rings. The number of allylic oxidation sites excluding steroid dienone is 4. The van der Waals surface area contributed by atoms with E-state index < -0.39 is 0 Å². The summed E-state index contributed by atoms with van der Waals surface area (Å²) in [6, 6.07) is 0. The lowest BCUT2D eigenvalue weighted by Crippen LogP contribution is -1.94. The molecule has 0 aromatic carbocycles. The molecule has 0 aromatic heterocycles. The van der Waals surface area contributed by atoms with E-state index in [0.29, 0.717) is 5.41 Å². The topological polar surface area (TPSA) is 0 Å². The fourth-order valence-electron chi connectivity index (χ4n) is 2.74. The molecule has 2 aliphatic rings. The van der Waals surface area contributed by atoms with Gasteiger partial charge in [-0.25, -0.2) is 0 Å². The summed E-state index contributed by atoms with van der Waals surface area (Å²) in [4.78, 5) is 0. The maximum absolute atomic E-state index is 3.00. The van der Waals surface area contributed by atoms with Crippen molar-refractivity contribution in [2.75, 3.05) is 0 Å².